The van der Waals surface area contributed by atoms with E-state index >= 15 is 0 Å². The van der Waals surface area contributed by atoms with Crippen LogP contribution in [0.15, 0.2) is 42.5 Å². The van der Waals surface area contributed by atoms with Crippen LogP contribution in [0.25, 0.3) is 0 Å². The van der Waals surface area contributed by atoms with E-state index in [1.165, 1.54) is 5.56 Å². The summed E-state index contributed by atoms with van der Waals surface area (Å²) in [5.74, 6) is 0.777. The molecule has 0 bridgehead atoms. The molecule has 0 N–H and O–H groups in total. The van der Waals surface area contributed by atoms with Crippen LogP contribution in [0.4, 0.5) is 0 Å². The lowest BCUT2D eigenvalue weighted by atomic mass is 9.98. The molecule has 0 radical (unpaired) electrons. The fourth-order valence-corrected chi connectivity index (χ4v) is 2.48. The lowest BCUT2D eigenvalue weighted by molar-refractivity contribution is 0.0521. The molecule has 4 heteroatoms. The molecule has 0 spiro atoms. The number of esters is 1. The smallest absolute Gasteiger partial charge is 0.342 e. The average molecular weight is 314 g/mol. The highest BCUT2D eigenvalue weighted by molar-refractivity contribution is 5.94. The summed E-state index contributed by atoms with van der Waals surface area (Å²) in [5.41, 5.74) is 2.55. The second-order valence-corrected chi connectivity index (χ2v) is 5.07. The minimum absolute atomic E-state index is 0.326. The summed E-state index contributed by atoms with van der Waals surface area (Å²) in [4.78, 5) is 12.3. The zero-order valence-corrected chi connectivity index (χ0v) is 13.8. The number of ether oxygens (including phenoxy) is 3. The van der Waals surface area contributed by atoms with Gasteiger partial charge in [0.2, 0.25) is 0 Å². The Balaban J connectivity index is 2.35. The van der Waals surface area contributed by atoms with E-state index in [1.807, 2.05) is 24.3 Å². The fraction of sp³-hybridized carbons (Fsp3) is 0.316. The van der Waals surface area contributed by atoms with E-state index in [2.05, 4.69) is 12.1 Å². The van der Waals surface area contributed by atoms with Crippen LogP contribution >= 0.6 is 0 Å². The molecule has 2 aromatic rings. The van der Waals surface area contributed by atoms with Crippen LogP contribution in [0.3, 0.4) is 0 Å². The molecule has 122 valence electrons. The fourth-order valence-electron chi connectivity index (χ4n) is 2.48. The van der Waals surface area contributed by atoms with Gasteiger partial charge in [-0.2, -0.15) is 0 Å². The molecule has 0 saturated heterocycles. The third kappa shape index (κ3) is 4.25. The zero-order chi connectivity index (χ0) is 16.7. The molecule has 2 aromatic carbocycles. The molecule has 4 nitrogen and oxygen atoms in total. The van der Waals surface area contributed by atoms with Crippen LogP contribution in [0.2, 0.25) is 0 Å². The van der Waals surface area contributed by atoms with Crippen molar-refractivity contribution in [3.8, 4) is 11.5 Å². The number of methoxy groups -OCH3 is 2. The van der Waals surface area contributed by atoms with Crippen LogP contribution < -0.4 is 9.47 Å². The Kier molecular flexibility index (Phi) is 6.03. The van der Waals surface area contributed by atoms with Crippen LogP contribution in [-0.2, 0) is 17.6 Å². The lowest BCUT2D eigenvalue weighted by Gasteiger charge is -2.15. The highest BCUT2D eigenvalue weighted by Gasteiger charge is 2.20. The molecule has 0 aliphatic rings. The average Bonchev–Trinajstić information content (AvgIpc) is 2.60. The normalized spacial score (nSPS) is 10.2. The van der Waals surface area contributed by atoms with Gasteiger partial charge in [0.1, 0.15) is 17.1 Å². The predicted molar refractivity (Wildman–Crippen MR) is 89.4 cm³/mol. The molecule has 0 amide bonds. The van der Waals surface area contributed by atoms with E-state index in [4.69, 9.17) is 14.2 Å². The summed E-state index contributed by atoms with van der Waals surface area (Å²) < 4.78 is 15.9. The molecule has 23 heavy (non-hydrogen) atoms. The third-order valence-electron chi connectivity index (χ3n) is 3.62. The van der Waals surface area contributed by atoms with Gasteiger partial charge in [0.25, 0.3) is 0 Å². The van der Waals surface area contributed by atoms with E-state index in [-0.39, 0.29) is 5.97 Å². The number of aryl methyl sites for hydroxylation is 2. The number of hydrogen-bond acceptors (Lipinski definition) is 4. The number of benzene rings is 2. The Bertz CT molecular complexity index is 650. The van der Waals surface area contributed by atoms with Crippen LogP contribution in [0.1, 0.15) is 28.4 Å². The Morgan fingerprint density at radius 1 is 1.00 bits per heavy atom. The number of rotatable bonds is 7. The van der Waals surface area contributed by atoms with Crippen molar-refractivity contribution in [3.05, 3.63) is 59.2 Å². The van der Waals surface area contributed by atoms with Crippen molar-refractivity contribution in [2.75, 3.05) is 20.8 Å². The van der Waals surface area contributed by atoms with Gasteiger partial charge < -0.3 is 14.2 Å². The lowest BCUT2D eigenvalue weighted by Crippen LogP contribution is -2.11. The van der Waals surface area contributed by atoms with E-state index in [0.29, 0.717) is 30.1 Å². The first kappa shape index (κ1) is 16.9. The topological polar surface area (TPSA) is 44.8 Å². The Labute approximate surface area is 137 Å². The van der Waals surface area contributed by atoms with Gasteiger partial charge in [-0.15, -0.1) is 0 Å². The second-order valence-electron chi connectivity index (χ2n) is 5.07. The largest absolute Gasteiger partial charge is 0.497 e. The van der Waals surface area contributed by atoms with Crippen LogP contribution in [0, 0.1) is 0 Å². The maximum Gasteiger partial charge on any atom is 0.342 e. The van der Waals surface area contributed by atoms with Gasteiger partial charge in [0.15, 0.2) is 0 Å². The maximum atomic E-state index is 12.3. The first-order valence-corrected chi connectivity index (χ1v) is 7.65. The summed E-state index contributed by atoms with van der Waals surface area (Å²) in [7, 11) is 3.14. The molecular weight excluding hydrogens is 292 g/mol. The summed E-state index contributed by atoms with van der Waals surface area (Å²) in [6.45, 7) is 2.11. The molecule has 2 rings (SSSR count). The van der Waals surface area contributed by atoms with Gasteiger partial charge in [0.05, 0.1) is 20.8 Å². The SMILES string of the molecule is CCOC(=O)c1c(CCc2ccccc2)cc(OC)cc1OC. The molecule has 0 saturated carbocycles. The minimum atomic E-state index is -0.366. The van der Waals surface area contributed by atoms with Crippen molar-refractivity contribution in [1.82, 2.24) is 0 Å². The van der Waals surface area contributed by atoms with Gasteiger partial charge in [-0.3, -0.25) is 0 Å². The molecule has 0 atom stereocenters. The summed E-state index contributed by atoms with van der Waals surface area (Å²) >= 11 is 0. The van der Waals surface area contributed by atoms with Crippen molar-refractivity contribution in [1.29, 1.82) is 0 Å². The molecule has 0 fully saturated rings. The molecule has 0 unspecified atom stereocenters. The second kappa shape index (κ2) is 8.22. The molecule has 0 heterocycles. The molecule has 0 aliphatic carbocycles. The van der Waals surface area contributed by atoms with Crippen molar-refractivity contribution < 1.29 is 19.0 Å². The number of carbonyl (C=O) groups excluding carboxylic acids is 1. The van der Waals surface area contributed by atoms with E-state index < -0.39 is 0 Å². The Morgan fingerprint density at radius 3 is 2.35 bits per heavy atom. The van der Waals surface area contributed by atoms with Gasteiger partial charge >= 0.3 is 5.97 Å². The van der Waals surface area contributed by atoms with E-state index in [9.17, 15) is 4.79 Å². The maximum absolute atomic E-state index is 12.3. The van der Waals surface area contributed by atoms with Crippen LogP contribution in [0.5, 0.6) is 11.5 Å². The predicted octanol–water partition coefficient (Wildman–Crippen LogP) is 3.67. The first-order valence-electron chi connectivity index (χ1n) is 7.65. The van der Waals surface area contributed by atoms with Crippen molar-refractivity contribution in [3.63, 3.8) is 0 Å². The van der Waals surface area contributed by atoms with Gasteiger partial charge in [0, 0.05) is 6.07 Å². The van der Waals surface area contributed by atoms with Gasteiger partial charge in [-0.25, -0.2) is 4.79 Å². The molecule has 0 aromatic heterocycles. The molecular formula is C19H22O4. The Hall–Kier alpha value is -2.49. The highest BCUT2D eigenvalue weighted by atomic mass is 16.5. The quantitative estimate of drug-likeness (QED) is 0.732. The summed E-state index contributed by atoms with van der Waals surface area (Å²) in [5, 5.41) is 0. The minimum Gasteiger partial charge on any atom is -0.497 e. The monoisotopic (exact) mass is 314 g/mol. The summed E-state index contributed by atoms with van der Waals surface area (Å²) in [6, 6.07) is 13.7. The third-order valence-corrected chi connectivity index (χ3v) is 3.62. The first-order chi connectivity index (χ1) is 11.2. The summed E-state index contributed by atoms with van der Waals surface area (Å²) in [6.07, 6.45) is 1.52. The number of hydrogen-bond donors (Lipinski definition) is 0. The van der Waals surface area contributed by atoms with Crippen molar-refractivity contribution in [2.45, 2.75) is 19.8 Å². The van der Waals surface area contributed by atoms with Crippen LogP contribution in [-0.4, -0.2) is 26.8 Å². The van der Waals surface area contributed by atoms with Gasteiger partial charge in [-0.1, -0.05) is 30.3 Å². The zero-order valence-electron chi connectivity index (χ0n) is 13.8. The number of carbonyl (C=O) groups is 1. The molecule has 0 aliphatic heterocycles. The van der Waals surface area contributed by atoms with Gasteiger partial charge in [-0.05, 0) is 37.0 Å². The Morgan fingerprint density at radius 2 is 1.74 bits per heavy atom. The van der Waals surface area contributed by atoms with E-state index in [0.717, 1.165) is 12.0 Å². The van der Waals surface area contributed by atoms with E-state index in [1.54, 1.807) is 27.2 Å². The van der Waals surface area contributed by atoms with Crippen molar-refractivity contribution in [2.24, 2.45) is 0 Å². The van der Waals surface area contributed by atoms with Crippen molar-refractivity contribution >= 4 is 5.97 Å². The highest BCUT2D eigenvalue weighted by Crippen LogP contribution is 2.30. The standard InChI is InChI=1S/C19H22O4/c1-4-23-19(20)18-15(11-10-14-8-6-5-7-9-14)12-16(21-2)13-17(18)22-3/h5-9,12-13H,4,10-11H2,1-3H3.